The SMILES string of the molecule is CC(=O)Nc1cccc(CNC(=O)c2cnc3[nH]c(=O)[nH]c(=O)c3c2)c1. The van der Waals surface area contributed by atoms with Gasteiger partial charge in [0.25, 0.3) is 11.5 Å². The Bertz CT molecular complexity index is 1120. The molecular weight excluding hydrogens is 338 g/mol. The lowest BCUT2D eigenvalue weighted by Crippen LogP contribution is -2.25. The molecule has 4 N–H and O–H groups in total. The number of fused-ring (bicyclic) bond motifs is 1. The maximum absolute atomic E-state index is 12.3. The standard InChI is InChI=1S/C17H15N5O4/c1-9(23)20-12-4-2-3-10(5-12)7-19-15(24)11-6-13-14(18-8-11)21-17(26)22-16(13)25/h2-6,8H,7H2,1H3,(H,19,24)(H,20,23)(H2,18,21,22,25,26). The molecule has 0 bridgehead atoms. The van der Waals surface area contributed by atoms with Gasteiger partial charge in [-0.15, -0.1) is 0 Å². The molecule has 0 unspecified atom stereocenters. The van der Waals surface area contributed by atoms with Crippen LogP contribution in [0.5, 0.6) is 0 Å². The van der Waals surface area contributed by atoms with Gasteiger partial charge in [-0.05, 0) is 23.8 Å². The molecule has 0 aliphatic rings. The van der Waals surface area contributed by atoms with E-state index in [1.807, 2.05) is 0 Å². The molecule has 0 aliphatic heterocycles. The van der Waals surface area contributed by atoms with Crippen LogP contribution in [0.15, 0.2) is 46.1 Å². The minimum Gasteiger partial charge on any atom is -0.348 e. The molecule has 0 spiro atoms. The molecule has 0 aliphatic carbocycles. The van der Waals surface area contributed by atoms with E-state index in [1.54, 1.807) is 24.3 Å². The molecule has 1 aromatic carbocycles. The summed E-state index contributed by atoms with van der Waals surface area (Å²) in [6, 6.07) is 8.42. The summed E-state index contributed by atoms with van der Waals surface area (Å²) in [4.78, 5) is 54.8. The van der Waals surface area contributed by atoms with Gasteiger partial charge in [-0.3, -0.25) is 24.4 Å². The molecule has 3 rings (SSSR count). The first-order valence-corrected chi connectivity index (χ1v) is 7.69. The van der Waals surface area contributed by atoms with Crippen LogP contribution < -0.4 is 21.9 Å². The lowest BCUT2D eigenvalue weighted by atomic mass is 10.2. The summed E-state index contributed by atoms with van der Waals surface area (Å²) in [5, 5.41) is 5.50. The van der Waals surface area contributed by atoms with Crippen LogP contribution in [0.3, 0.4) is 0 Å². The first-order chi connectivity index (χ1) is 12.4. The fourth-order valence-corrected chi connectivity index (χ4v) is 2.42. The molecule has 2 aromatic heterocycles. The summed E-state index contributed by atoms with van der Waals surface area (Å²) in [5.41, 5.74) is 0.444. The first-order valence-electron chi connectivity index (χ1n) is 7.69. The van der Waals surface area contributed by atoms with Gasteiger partial charge in [-0.2, -0.15) is 0 Å². The maximum atomic E-state index is 12.3. The zero-order chi connectivity index (χ0) is 18.7. The van der Waals surface area contributed by atoms with Crippen molar-refractivity contribution in [2.45, 2.75) is 13.5 Å². The van der Waals surface area contributed by atoms with Crippen molar-refractivity contribution in [3.63, 3.8) is 0 Å². The van der Waals surface area contributed by atoms with E-state index < -0.39 is 17.2 Å². The highest BCUT2D eigenvalue weighted by Gasteiger charge is 2.10. The number of aromatic amines is 2. The highest BCUT2D eigenvalue weighted by molar-refractivity contribution is 5.96. The van der Waals surface area contributed by atoms with Crippen LogP contribution in [-0.2, 0) is 11.3 Å². The third-order valence-electron chi connectivity index (χ3n) is 3.55. The number of aromatic nitrogens is 3. The number of H-pyrrole nitrogens is 2. The van der Waals surface area contributed by atoms with Crippen molar-refractivity contribution in [3.05, 3.63) is 68.5 Å². The predicted octanol–water partition coefficient (Wildman–Crippen LogP) is 0.500. The number of hydrogen-bond donors (Lipinski definition) is 4. The summed E-state index contributed by atoms with van der Waals surface area (Å²) < 4.78 is 0. The number of carbonyl (C=O) groups excluding carboxylic acids is 2. The van der Waals surface area contributed by atoms with Gasteiger partial charge in [0.1, 0.15) is 5.65 Å². The third kappa shape index (κ3) is 3.83. The summed E-state index contributed by atoms with van der Waals surface area (Å²) in [6.45, 7) is 1.64. The number of amides is 2. The van der Waals surface area contributed by atoms with Crippen LogP contribution in [0.2, 0.25) is 0 Å². The van der Waals surface area contributed by atoms with Crippen LogP contribution in [0.25, 0.3) is 11.0 Å². The van der Waals surface area contributed by atoms with Gasteiger partial charge < -0.3 is 10.6 Å². The molecule has 9 heteroatoms. The van der Waals surface area contributed by atoms with E-state index in [-0.39, 0.29) is 29.0 Å². The molecule has 2 amide bonds. The Balaban J connectivity index is 1.76. The summed E-state index contributed by atoms with van der Waals surface area (Å²) in [5.74, 6) is -0.605. The number of pyridine rings is 1. The largest absolute Gasteiger partial charge is 0.348 e. The quantitative estimate of drug-likeness (QED) is 0.541. The molecule has 0 radical (unpaired) electrons. The summed E-state index contributed by atoms with van der Waals surface area (Å²) in [7, 11) is 0. The molecule has 132 valence electrons. The van der Waals surface area contributed by atoms with Crippen molar-refractivity contribution >= 4 is 28.5 Å². The Morgan fingerprint density at radius 1 is 1.15 bits per heavy atom. The van der Waals surface area contributed by atoms with E-state index in [4.69, 9.17) is 0 Å². The number of rotatable bonds is 4. The number of nitrogens with zero attached hydrogens (tertiary/aromatic N) is 1. The second kappa shape index (κ2) is 7.01. The second-order valence-corrected chi connectivity index (χ2v) is 5.59. The topological polar surface area (TPSA) is 137 Å². The highest BCUT2D eigenvalue weighted by Crippen LogP contribution is 2.11. The van der Waals surface area contributed by atoms with Gasteiger partial charge in [0, 0.05) is 25.4 Å². The first kappa shape index (κ1) is 17.1. The molecule has 0 atom stereocenters. The summed E-state index contributed by atoms with van der Waals surface area (Å²) >= 11 is 0. The lowest BCUT2D eigenvalue weighted by molar-refractivity contribution is -0.114. The minimum atomic E-state index is -0.661. The molecule has 9 nitrogen and oxygen atoms in total. The molecule has 26 heavy (non-hydrogen) atoms. The monoisotopic (exact) mass is 353 g/mol. The Labute approximate surface area is 146 Å². The van der Waals surface area contributed by atoms with E-state index in [0.717, 1.165) is 5.56 Å². The van der Waals surface area contributed by atoms with E-state index in [1.165, 1.54) is 19.2 Å². The Morgan fingerprint density at radius 2 is 1.96 bits per heavy atom. The van der Waals surface area contributed by atoms with Gasteiger partial charge in [0.15, 0.2) is 0 Å². The average molecular weight is 353 g/mol. The fourth-order valence-electron chi connectivity index (χ4n) is 2.42. The van der Waals surface area contributed by atoms with Crippen LogP contribution in [0.4, 0.5) is 5.69 Å². The van der Waals surface area contributed by atoms with Gasteiger partial charge in [-0.25, -0.2) is 9.78 Å². The van der Waals surface area contributed by atoms with E-state index >= 15 is 0 Å². The number of carbonyl (C=O) groups is 2. The van der Waals surface area contributed by atoms with Crippen molar-refractivity contribution in [2.75, 3.05) is 5.32 Å². The maximum Gasteiger partial charge on any atom is 0.327 e. The highest BCUT2D eigenvalue weighted by atomic mass is 16.2. The Morgan fingerprint density at radius 3 is 2.73 bits per heavy atom. The zero-order valence-electron chi connectivity index (χ0n) is 13.8. The predicted molar refractivity (Wildman–Crippen MR) is 94.9 cm³/mol. The van der Waals surface area contributed by atoms with Crippen molar-refractivity contribution in [3.8, 4) is 0 Å². The number of benzene rings is 1. The normalized spacial score (nSPS) is 10.5. The molecule has 0 saturated carbocycles. The van der Waals surface area contributed by atoms with Gasteiger partial charge in [-0.1, -0.05) is 12.1 Å². The van der Waals surface area contributed by atoms with Crippen molar-refractivity contribution < 1.29 is 9.59 Å². The van der Waals surface area contributed by atoms with Crippen molar-refractivity contribution in [1.29, 1.82) is 0 Å². The van der Waals surface area contributed by atoms with E-state index in [2.05, 4.69) is 25.6 Å². The van der Waals surface area contributed by atoms with Crippen LogP contribution in [-0.4, -0.2) is 26.8 Å². The average Bonchev–Trinajstić information content (AvgIpc) is 2.59. The van der Waals surface area contributed by atoms with Gasteiger partial charge in [0.05, 0.1) is 10.9 Å². The minimum absolute atomic E-state index is 0.110. The van der Waals surface area contributed by atoms with Crippen LogP contribution in [0, 0.1) is 0 Å². The Kier molecular flexibility index (Phi) is 4.61. The Hall–Kier alpha value is -3.75. The molecular formula is C17H15N5O4. The van der Waals surface area contributed by atoms with Crippen LogP contribution >= 0.6 is 0 Å². The zero-order valence-corrected chi connectivity index (χ0v) is 13.8. The molecule has 3 aromatic rings. The smallest absolute Gasteiger partial charge is 0.327 e. The second-order valence-electron chi connectivity index (χ2n) is 5.59. The van der Waals surface area contributed by atoms with Gasteiger partial charge >= 0.3 is 5.69 Å². The summed E-state index contributed by atoms with van der Waals surface area (Å²) in [6.07, 6.45) is 1.28. The fraction of sp³-hybridized carbons (Fsp3) is 0.118. The molecule has 0 fully saturated rings. The third-order valence-corrected chi connectivity index (χ3v) is 3.55. The number of anilines is 1. The van der Waals surface area contributed by atoms with E-state index in [0.29, 0.717) is 5.69 Å². The lowest BCUT2D eigenvalue weighted by Gasteiger charge is -2.08. The van der Waals surface area contributed by atoms with Crippen LogP contribution in [0.1, 0.15) is 22.8 Å². The van der Waals surface area contributed by atoms with Crippen molar-refractivity contribution in [1.82, 2.24) is 20.3 Å². The van der Waals surface area contributed by atoms with Gasteiger partial charge in [0.2, 0.25) is 5.91 Å². The molecule has 0 saturated heterocycles. The number of hydrogen-bond acceptors (Lipinski definition) is 5. The van der Waals surface area contributed by atoms with Crippen molar-refractivity contribution in [2.24, 2.45) is 0 Å². The molecule has 2 heterocycles. The van der Waals surface area contributed by atoms with E-state index in [9.17, 15) is 19.2 Å². The number of nitrogens with one attached hydrogen (secondary N) is 4.